The molecule has 1 fully saturated rings. The Morgan fingerprint density at radius 3 is 2.71 bits per heavy atom. The summed E-state index contributed by atoms with van der Waals surface area (Å²) in [5.41, 5.74) is 1.11. The van der Waals surface area contributed by atoms with Crippen molar-refractivity contribution >= 4 is 11.8 Å². The molecule has 0 bridgehead atoms. The maximum atomic E-state index is 12.9. The molecule has 0 aromatic carbocycles. The molecule has 2 heterocycles. The number of alkyl halides is 3. The summed E-state index contributed by atoms with van der Waals surface area (Å²) in [4.78, 5) is 11.3. The number of aromatic nitrogens is 2. The lowest BCUT2D eigenvalue weighted by Crippen LogP contribution is -2.38. The Balaban J connectivity index is 2.33. The first-order chi connectivity index (χ1) is 9.81. The van der Waals surface area contributed by atoms with Crippen LogP contribution in [-0.4, -0.2) is 48.1 Å². The quantitative estimate of drug-likeness (QED) is 0.646. The molecule has 0 saturated carbocycles. The summed E-state index contributed by atoms with van der Waals surface area (Å²) in [5.74, 6) is 5.21. The van der Waals surface area contributed by atoms with Crippen LogP contribution in [0.5, 0.6) is 0 Å². The highest BCUT2D eigenvalue weighted by molar-refractivity contribution is 5.47. The highest BCUT2D eigenvalue weighted by Gasteiger charge is 2.35. The minimum atomic E-state index is -4.53. The number of hydrogen-bond acceptors (Lipinski definition) is 6. The predicted octanol–water partition coefficient (Wildman–Crippen LogP) is 1.31. The smallest absolute Gasteiger partial charge is 0.352 e. The Morgan fingerprint density at radius 2 is 2.14 bits per heavy atom. The molecular formula is C12H19F3N6. The van der Waals surface area contributed by atoms with Crippen molar-refractivity contribution in [1.82, 2.24) is 14.9 Å². The van der Waals surface area contributed by atoms with Crippen LogP contribution in [0.1, 0.15) is 18.5 Å². The summed E-state index contributed by atoms with van der Waals surface area (Å²) >= 11 is 0. The second-order valence-corrected chi connectivity index (χ2v) is 5.33. The van der Waals surface area contributed by atoms with Crippen LogP contribution in [0.25, 0.3) is 0 Å². The molecular weight excluding hydrogens is 285 g/mol. The van der Waals surface area contributed by atoms with Crippen LogP contribution in [0.4, 0.5) is 24.9 Å². The second-order valence-electron chi connectivity index (χ2n) is 5.33. The predicted molar refractivity (Wildman–Crippen MR) is 73.8 cm³/mol. The lowest BCUT2D eigenvalue weighted by Gasteiger charge is -2.28. The summed E-state index contributed by atoms with van der Waals surface area (Å²) in [6.45, 7) is 1.44. The largest absolute Gasteiger partial charge is 0.433 e. The maximum absolute atomic E-state index is 12.9. The first-order valence-corrected chi connectivity index (χ1v) is 6.65. The molecule has 0 radical (unpaired) electrons. The van der Waals surface area contributed by atoms with Crippen molar-refractivity contribution in [2.45, 2.75) is 25.1 Å². The SMILES string of the molecule is CN(C)CC1CCCN1c1cc(C(F)(F)F)nc(NN)n1. The number of rotatable bonds is 4. The molecule has 1 saturated heterocycles. The molecule has 2 rings (SSSR count). The lowest BCUT2D eigenvalue weighted by atomic mass is 10.2. The van der Waals surface area contributed by atoms with Gasteiger partial charge in [-0.25, -0.2) is 10.8 Å². The average molecular weight is 304 g/mol. The Labute approximate surface area is 121 Å². The van der Waals surface area contributed by atoms with E-state index in [4.69, 9.17) is 5.84 Å². The van der Waals surface area contributed by atoms with E-state index in [2.05, 4.69) is 15.4 Å². The summed E-state index contributed by atoms with van der Waals surface area (Å²) in [5, 5.41) is 0. The summed E-state index contributed by atoms with van der Waals surface area (Å²) in [7, 11) is 3.87. The number of nitrogens with two attached hydrogens (primary N) is 1. The van der Waals surface area contributed by atoms with E-state index in [0.29, 0.717) is 6.54 Å². The molecule has 6 nitrogen and oxygen atoms in total. The minimum Gasteiger partial charge on any atom is -0.352 e. The summed E-state index contributed by atoms with van der Waals surface area (Å²) in [6, 6.07) is 1.12. The third kappa shape index (κ3) is 3.73. The van der Waals surface area contributed by atoms with Crippen molar-refractivity contribution in [3.63, 3.8) is 0 Å². The van der Waals surface area contributed by atoms with E-state index in [9.17, 15) is 13.2 Å². The number of nitrogens with one attached hydrogen (secondary N) is 1. The number of hydrazine groups is 1. The van der Waals surface area contributed by atoms with Crippen molar-refractivity contribution in [3.8, 4) is 0 Å². The van der Waals surface area contributed by atoms with E-state index in [-0.39, 0.29) is 17.8 Å². The summed E-state index contributed by atoms with van der Waals surface area (Å²) in [6.07, 6.45) is -2.68. The van der Waals surface area contributed by atoms with E-state index in [1.807, 2.05) is 23.9 Å². The molecule has 0 aliphatic carbocycles. The first kappa shape index (κ1) is 15.8. The van der Waals surface area contributed by atoms with Gasteiger partial charge in [-0.05, 0) is 26.9 Å². The number of anilines is 2. The molecule has 1 aliphatic rings. The molecule has 0 amide bonds. The molecule has 1 aliphatic heterocycles. The third-order valence-electron chi connectivity index (χ3n) is 3.38. The van der Waals surface area contributed by atoms with Crippen molar-refractivity contribution in [2.75, 3.05) is 37.5 Å². The topological polar surface area (TPSA) is 70.3 Å². The van der Waals surface area contributed by atoms with E-state index in [0.717, 1.165) is 25.5 Å². The highest BCUT2D eigenvalue weighted by atomic mass is 19.4. The Bertz CT molecular complexity index is 490. The molecule has 1 unspecified atom stereocenters. The van der Waals surface area contributed by atoms with Crippen LogP contribution < -0.4 is 16.2 Å². The second kappa shape index (κ2) is 6.02. The normalized spacial score (nSPS) is 19.4. The third-order valence-corrected chi connectivity index (χ3v) is 3.38. The van der Waals surface area contributed by atoms with Gasteiger partial charge < -0.3 is 9.80 Å². The van der Waals surface area contributed by atoms with E-state index < -0.39 is 11.9 Å². The van der Waals surface area contributed by atoms with Gasteiger partial charge in [-0.1, -0.05) is 0 Å². The monoisotopic (exact) mass is 304 g/mol. The molecule has 1 aromatic heterocycles. The van der Waals surface area contributed by atoms with E-state index >= 15 is 0 Å². The van der Waals surface area contributed by atoms with Gasteiger partial charge in [0.15, 0.2) is 5.69 Å². The number of likely N-dealkylation sites (N-methyl/N-ethyl adjacent to an activating group) is 1. The van der Waals surface area contributed by atoms with Crippen LogP contribution >= 0.6 is 0 Å². The van der Waals surface area contributed by atoms with Gasteiger partial charge in [-0.15, -0.1) is 0 Å². The zero-order chi connectivity index (χ0) is 15.6. The number of nitrogen functional groups attached to an aromatic ring is 1. The fraction of sp³-hybridized carbons (Fsp3) is 0.667. The molecule has 9 heteroatoms. The van der Waals surface area contributed by atoms with Crippen molar-refractivity contribution in [3.05, 3.63) is 11.8 Å². The minimum absolute atomic E-state index is 0.140. The fourth-order valence-corrected chi connectivity index (χ4v) is 2.54. The van der Waals surface area contributed by atoms with Crippen LogP contribution in [0, 0.1) is 0 Å². The zero-order valence-corrected chi connectivity index (χ0v) is 12.0. The fourth-order valence-electron chi connectivity index (χ4n) is 2.54. The molecule has 118 valence electrons. The number of hydrogen-bond donors (Lipinski definition) is 2. The van der Waals surface area contributed by atoms with Crippen LogP contribution in [-0.2, 0) is 6.18 Å². The van der Waals surface area contributed by atoms with Crippen LogP contribution in [0.2, 0.25) is 0 Å². The van der Waals surface area contributed by atoms with Crippen molar-refractivity contribution < 1.29 is 13.2 Å². The highest BCUT2D eigenvalue weighted by Crippen LogP contribution is 2.32. The van der Waals surface area contributed by atoms with Gasteiger partial charge in [-0.2, -0.15) is 18.2 Å². The Hall–Kier alpha value is -1.61. The number of nitrogens with zero attached hydrogens (tertiary/aromatic N) is 4. The maximum Gasteiger partial charge on any atom is 0.433 e. The number of halogens is 3. The summed E-state index contributed by atoms with van der Waals surface area (Å²) < 4.78 is 38.7. The van der Waals surface area contributed by atoms with Gasteiger partial charge in [0, 0.05) is 25.2 Å². The van der Waals surface area contributed by atoms with Gasteiger partial charge in [-0.3, -0.25) is 5.43 Å². The molecule has 1 atom stereocenters. The van der Waals surface area contributed by atoms with Gasteiger partial charge in [0.1, 0.15) is 5.82 Å². The Kier molecular flexibility index (Phi) is 4.52. The molecule has 21 heavy (non-hydrogen) atoms. The molecule has 1 aromatic rings. The van der Waals surface area contributed by atoms with Gasteiger partial charge >= 0.3 is 6.18 Å². The van der Waals surface area contributed by atoms with Crippen LogP contribution in [0.3, 0.4) is 0 Å². The average Bonchev–Trinajstić information content (AvgIpc) is 2.84. The van der Waals surface area contributed by atoms with Crippen molar-refractivity contribution in [1.29, 1.82) is 0 Å². The molecule has 0 spiro atoms. The lowest BCUT2D eigenvalue weighted by molar-refractivity contribution is -0.141. The van der Waals surface area contributed by atoms with Gasteiger partial charge in [0.25, 0.3) is 0 Å². The van der Waals surface area contributed by atoms with Crippen molar-refractivity contribution in [2.24, 2.45) is 5.84 Å². The van der Waals surface area contributed by atoms with E-state index in [1.54, 1.807) is 0 Å². The van der Waals surface area contributed by atoms with Crippen LogP contribution in [0.15, 0.2) is 6.07 Å². The van der Waals surface area contributed by atoms with Gasteiger partial charge in [0.05, 0.1) is 0 Å². The zero-order valence-electron chi connectivity index (χ0n) is 12.0. The van der Waals surface area contributed by atoms with Gasteiger partial charge in [0.2, 0.25) is 5.95 Å². The van der Waals surface area contributed by atoms with E-state index in [1.165, 1.54) is 0 Å². The first-order valence-electron chi connectivity index (χ1n) is 6.65. The molecule has 3 N–H and O–H groups in total. The Morgan fingerprint density at radius 1 is 1.43 bits per heavy atom. The standard InChI is InChI=1S/C12H19F3N6/c1-20(2)7-8-4-3-5-21(8)10-6-9(12(13,14)15)17-11(18-10)19-16/h6,8H,3-5,7,16H2,1-2H3,(H,17,18,19).